The molecule has 2 aromatic carbocycles. The van der Waals surface area contributed by atoms with Crippen molar-refractivity contribution in [1.82, 2.24) is 24.4 Å². The molecule has 1 amide bonds. The lowest BCUT2D eigenvalue weighted by molar-refractivity contribution is 0.0817. The summed E-state index contributed by atoms with van der Waals surface area (Å²) >= 11 is 6.45. The van der Waals surface area contributed by atoms with Crippen LogP contribution in [0.5, 0.6) is 0 Å². The molecule has 34 heavy (non-hydrogen) atoms. The Morgan fingerprint density at radius 3 is 2.56 bits per heavy atom. The lowest BCUT2D eigenvalue weighted by Crippen LogP contribution is -2.24. The molecular formula is C26H22ClN5O2. The van der Waals surface area contributed by atoms with Crippen LogP contribution in [-0.4, -0.2) is 50.2 Å². The summed E-state index contributed by atoms with van der Waals surface area (Å²) in [5.74, 6) is 0.321. The number of imidazole rings is 1. The van der Waals surface area contributed by atoms with E-state index in [0.29, 0.717) is 33.7 Å². The van der Waals surface area contributed by atoms with Gasteiger partial charge in [-0.3, -0.25) is 9.59 Å². The first-order valence-corrected chi connectivity index (χ1v) is 11.2. The summed E-state index contributed by atoms with van der Waals surface area (Å²) in [6.07, 6.45) is 1.73. The fourth-order valence-electron chi connectivity index (χ4n) is 4.18. The molecule has 0 saturated heterocycles. The minimum absolute atomic E-state index is 0.232. The van der Waals surface area contributed by atoms with Crippen LogP contribution in [0.1, 0.15) is 37.8 Å². The highest BCUT2D eigenvalue weighted by Crippen LogP contribution is 2.32. The van der Waals surface area contributed by atoms with Gasteiger partial charge in [-0.05, 0) is 36.8 Å². The largest absolute Gasteiger partial charge is 0.350 e. The van der Waals surface area contributed by atoms with Crippen LogP contribution < -0.4 is 0 Å². The van der Waals surface area contributed by atoms with E-state index in [1.54, 1.807) is 50.6 Å². The Kier molecular flexibility index (Phi) is 5.42. The maximum Gasteiger partial charge on any atom is 0.270 e. The number of hydrogen-bond acceptors (Lipinski definition) is 4. The number of nitrogens with one attached hydrogen (secondary N) is 1. The minimum atomic E-state index is -0.289. The number of aromatic nitrogens is 4. The van der Waals surface area contributed by atoms with E-state index in [9.17, 15) is 9.59 Å². The number of pyridine rings is 1. The van der Waals surface area contributed by atoms with E-state index < -0.39 is 0 Å². The third-order valence-electron chi connectivity index (χ3n) is 5.89. The number of hydrogen-bond donors (Lipinski definition) is 1. The van der Waals surface area contributed by atoms with E-state index in [1.807, 2.05) is 31.2 Å². The molecule has 7 nitrogen and oxygen atoms in total. The van der Waals surface area contributed by atoms with Crippen LogP contribution in [0, 0.1) is 6.92 Å². The Morgan fingerprint density at radius 2 is 1.82 bits per heavy atom. The summed E-state index contributed by atoms with van der Waals surface area (Å²) in [5, 5.41) is 0.971. The third kappa shape index (κ3) is 3.64. The number of H-pyrrole nitrogens is 1. The van der Waals surface area contributed by atoms with Crippen LogP contribution in [-0.2, 0) is 6.54 Å². The third-order valence-corrected chi connectivity index (χ3v) is 6.21. The number of ketones is 1. The number of aryl methyl sites for hydroxylation is 1. The van der Waals surface area contributed by atoms with Gasteiger partial charge in [0, 0.05) is 43.3 Å². The second-order valence-electron chi connectivity index (χ2n) is 8.35. The van der Waals surface area contributed by atoms with Crippen molar-refractivity contribution in [3.8, 4) is 0 Å². The number of aromatic amines is 1. The van der Waals surface area contributed by atoms with Crippen LogP contribution in [0.25, 0.3) is 22.1 Å². The normalized spacial score (nSPS) is 11.3. The zero-order valence-electron chi connectivity index (χ0n) is 19.0. The summed E-state index contributed by atoms with van der Waals surface area (Å²) in [5.41, 5.74) is 4.33. The number of benzene rings is 2. The molecule has 8 heteroatoms. The average Bonchev–Trinajstić information content (AvgIpc) is 3.37. The van der Waals surface area contributed by atoms with Crippen LogP contribution >= 0.6 is 11.6 Å². The van der Waals surface area contributed by atoms with Gasteiger partial charge in [-0.2, -0.15) is 0 Å². The molecule has 0 bridgehead atoms. The SMILES string of the molecule is Cc1nc2ncccc2n1Cc1ccc(C(=O)c2c(C(=O)N(C)C)[nH]c3cccc(Cl)c23)cc1. The van der Waals surface area contributed by atoms with E-state index in [1.165, 1.54) is 4.90 Å². The summed E-state index contributed by atoms with van der Waals surface area (Å²) < 4.78 is 2.09. The van der Waals surface area contributed by atoms with Crippen molar-refractivity contribution < 1.29 is 9.59 Å². The second-order valence-corrected chi connectivity index (χ2v) is 8.76. The Hall–Kier alpha value is -3.97. The van der Waals surface area contributed by atoms with Crippen molar-refractivity contribution in [2.45, 2.75) is 13.5 Å². The van der Waals surface area contributed by atoms with Crippen molar-refractivity contribution in [2.75, 3.05) is 14.1 Å². The van der Waals surface area contributed by atoms with Crippen molar-refractivity contribution in [1.29, 1.82) is 0 Å². The Labute approximate surface area is 201 Å². The van der Waals surface area contributed by atoms with Gasteiger partial charge in [0.15, 0.2) is 11.4 Å². The van der Waals surface area contributed by atoms with E-state index in [0.717, 1.165) is 16.9 Å². The molecule has 5 rings (SSSR count). The monoisotopic (exact) mass is 471 g/mol. The zero-order chi connectivity index (χ0) is 24.0. The molecule has 0 aliphatic carbocycles. The quantitative estimate of drug-likeness (QED) is 0.371. The first-order valence-electron chi connectivity index (χ1n) is 10.8. The van der Waals surface area contributed by atoms with Gasteiger partial charge in [-0.1, -0.05) is 41.9 Å². The summed E-state index contributed by atoms with van der Waals surface area (Å²) in [4.78, 5) is 39.8. The Balaban J connectivity index is 1.52. The van der Waals surface area contributed by atoms with Crippen LogP contribution in [0.2, 0.25) is 5.02 Å². The molecule has 0 aliphatic heterocycles. The molecular weight excluding hydrogens is 450 g/mol. The van der Waals surface area contributed by atoms with E-state index in [-0.39, 0.29) is 22.9 Å². The van der Waals surface area contributed by atoms with Crippen molar-refractivity contribution in [2.24, 2.45) is 0 Å². The predicted octanol–water partition coefficient (Wildman–Crippen LogP) is 4.86. The Morgan fingerprint density at radius 1 is 1.06 bits per heavy atom. The van der Waals surface area contributed by atoms with Gasteiger partial charge in [-0.25, -0.2) is 9.97 Å². The maximum absolute atomic E-state index is 13.6. The summed E-state index contributed by atoms with van der Waals surface area (Å²) in [6.45, 7) is 2.55. The fourth-order valence-corrected chi connectivity index (χ4v) is 4.45. The van der Waals surface area contributed by atoms with E-state index in [2.05, 4.69) is 19.5 Å². The van der Waals surface area contributed by atoms with Crippen LogP contribution in [0.4, 0.5) is 0 Å². The molecule has 0 spiro atoms. The topological polar surface area (TPSA) is 83.9 Å². The molecule has 0 aliphatic rings. The van der Waals surface area contributed by atoms with Gasteiger partial charge < -0.3 is 14.5 Å². The van der Waals surface area contributed by atoms with Gasteiger partial charge in [0.1, 0.15) is 11.5 Å². The van der Waals surface area contributed by atoms with Gasteiger partial charge in [0.2, 0.25) is 0 Å². The lowest BCUT2D eigenvalue weighted by Gasteiger charge is -2.11. The molecule has 1 N–H and O–H groups in total. The second kappa shape index (κ2) is 8.43. The number of fused-ring (bicyclic) bond motifs is 2. The predicted molar refractivity (Wildman–Crippen MR) is 133 cm³/mol. The number of carbonyl (C=O) groups excluding carboxylic acids is 2. The van der Waals surface area contributed by atoms with Crippen LogP contribution in [0.3, 0.4) is 0 Å². The molecule has 0 fully saturated rings. The van der Waals surface area contributed by atoms with Crippen molar-refractivity contribution >= 4 is 45.4 Å². The molecule has 0 atom stereocenters. The first kappa shape index (κ1) is 21.9. The van der Waals surface area contributed by atoms with Crippen molar-refractivity contribution in [3.63, 3.8) is 0 Å². The number of amides is 1. The molecule has 170 valence electrons. The fraction of sp³-hybridized carbons (Fsp3) is 0.154. The van der Waals surface area contributed by atoms with Crippen LogP contribution in [0.15, 0.2) is 60.8 Å². The van der Waals surface area contributed by atoms with Gasteiger partial charge in [0.05, 0.1) is 16.1 Å². The van der Waals surface area contributed by atoms with E-state index in [4.69, 9.17) is 11.6 Å². The molecule has 0 saturated carbocycles. The molecule has 5 aromatic rings. The van der Waals surface area contributed by atoms with Crippen molar-refractivity contribution in [3.05, 3.63) is 94.0 Å². The molecule has 0 unspecified atom stereocenters. The Bertz CT molecular complexity index is 1560. The highest BCUT2D eigenvalue weighted by Gasteiger charge is 2.26. The van der Waals surface area contributed by atoms with Gasteiger partial charge in [0.25, 0.3) is 5.91 Å². The highest BCUT2D eigenvalue weighted by molar-refractivity contribution is 6.38. The lowest BCUT2D eigenvalue weighted by atomic mass is 9.98. The number of halogens is 1. The summed E-state index contributed by atoms with van der Waals surface area (Å²) in [6, 6.07) is 16.6. The maximum atomic E-state index is 13.6. The van der Waals surface area contributed by atoms with E-state index >= 15 is 0 Å². The smallest absolute Gasteiger partial charge is 0.270 e. The average molecular weight is 472 g/mol. The molecule has 3 heterocycles. The van der Waals surface area contributed by atoms with Gasteiger partial charge in [-0.15, -0.1) is 0 Å². The highest BCUT2D eigenvalue weighted by atomic mass is 35.5. The minimum Gasteiger partial charge on any atom is -0.350 e. The molecule has 0 radical (unpaired) electrons. The number of rotatable bonds is 5. The standard InChI is InChI=1S/C26H22ClN5O2/c1-15-29-25-20(8-5-13-28-25)32(15)14-16-9-11-17(12-10-16)24(33)22-21-18(27)6-4-7-19(21)30-23(22)26(34)31(2)3/h4-13,30H,14H2,1-3H3. The zero-order valence-corrected chi connectivity index (χ0v) is 19.7. The summed E-state index contributed by atoms with van der Waals surface area (Å²) in [7, 11) is 3.30. The molecule has 3 aromatic heterocycles. The number of nitrogens with zero attached hydrogens (tertiary/aromatic N) is 4. The first-order chi connectivity index (χ1) is 16.3. The number of carbonyl (C=O) groups is 2. The van der Waals surface area contributed by atoms with Gasteiger partial charge >= 0.3 is 0 Å².